The molecule has 0 spiro atoms. The maximum Gasteiger partial charge on any atom is 0.255 e. The van der Waals surface area contributed by atoms with E-state index in [9.17, 15) is 9.90 Å². The van der Waals surface area contributed by atoms with Gasteiger partial charge in [0.1, 0.15) is 5.75 Å². The number of methoxy groups -OCH3 is 1. The van der Waals surface area contributed by atoms with Gasteiger partial charge in [-0.2, -0.15) is 0 Å². The lowest BCUT2D eigenvalue weighted by atomic mass is 10.1. The van der Waals surface area contributed by atoms with E-state index in [-0.39, 0.29) is 12.5 Å². The minimum absolute atomic E-state index is 0.133. The average Bonchev–Trinajstić information content (AvgIpc) is 2.72. The Morgan fingerprint density at radius 1 is 1.19 bits per heavy atom. The number of nitrogens with zero attached hydrogens (tertiary/aromatic N) is 1. The van der Waals surface area contributed by atoms with Crippen molar-refractivity contribution >= 4 is 11.6 Å². The van der Waals surface area contributed by atoms with Crippen molar-refractivity contribution in [1.29, 1.82) is 0 Å². The summed E-state index contributed by atoms with van der Waals surface area (Å²) in [6, 6.07) is 14.8. The van der Waals surface area contributed by atoms with Crippen molar-refractivity contribution in [3.63, 3.8) is 0 Å². The second-order valence-electron chi connectivity index (χ2n) is 6.12. The van der Waals surface area contributed by atoms with Crippen molar-refractivity contribution in [2.45, 2.75) is 6.10 Å². The lowest BCUT2D eigenvalue weighted by Crippen LogP contribution is -2.36. The van der Waals surface area contributed by atoms with Crippen LogP contribution < -0.4 is 15.0 Å². The zero-order valence-electron chi connectivity index (χ0n) is 14.9. The molecule has 138 valence electrons. The molecular formula is C20H24N2O4. The number of carbonyl (C=O) groups is 1. The van der Waals surface area contributed by atoms with E-state index < -0.39 is 6.10 Å². The molecule has 6 nitrogen and oxygen atoms in total. The van der Waals surface area contributed by atoms with Crippen LogP contribution in [0.15, 0.2) is 48.5 Å². The number of carbonyl (C=O) groups excluding carboxylic acids is 1. The standard InChI is InChI=1S/C20H24N2O4/c1-25-19-5-3-2-4-17(19)20(24)21-14-18(23)15-6-8-16(9-7-15)22-10-12-26-13-11-22/h2-9,18,23H,10-14H2,1H3,(H,21,24). The van der Waals surface area contributed by atoms with Crippen molar-refractivity contribution in [2.75, 3.05) is 44.9 Å². The molecule has 1 aliphatic rings. The van der Waals surface area contributed by atoms with Crippen LogP contribution in [0.25, 0.3) is 0 Å². The van der Waals surface area contributed by atoms with Crippen molar-refractivity contribution in [3.05, 3.63) is 59.7 Å². The van der Waals surface area contributed by atoms with E-state index in [0.29, 0.717) is 11.3 Å². The molecule has 1 saturated heterocycles. The summed E-state index contributed by atoms with van der Waals surface area (Å²) in [5, 5.41) is 13.1. The first-order valence-corrected chi connectivity index (χ1v) is 8.71. The monoisotopic (exact) mass is 356 g/mol. The number of nitrogens with one attached hydrogen (secondary N) is 1. The number of ether oxygens (including phenoxy) is 2. The first-order chi connectivity index (χ1) is 12.7. The number of amides is 1. The van der Waals surface area contributed by atoms with Gasteiger partial charge in [0.2, 0.25) is 0 Å². The van der Waals surface area contributed by atoms with Gasteiger partial charge in [-0.3, -0.25) is 4.79 Å². The number of morpholine rings is 1. The smallest absolute Gasteiger partial charge is 0.255 e. The molecule has 2 N–H and O–H groups in total. The molecule has 1 fully saturated rings. The van der Waals surface area contributed by atoms with Crippen LogP contribution in [0.3, 0.4) is 0 Å². The molecule has 1 unspecified atom stereocenters. The molecule has 2 aromatic carbocycles. The first kappa shape index (κ1) is 18.2. The molecule has 26 heavy (non-hydrogen) atoms. The van der Waals surface area contributed by atoms with Gasteiger partial charge in [0.05, 0.1) is 32.0 Å². The van der Waals surface area contributed by atoms with E-state index in [1.165, 1.54) is 7.11 Å². The summed E-state index contributed by atoms with van der Waals surface area (Å²) in [6.07, 6.45) is -0.771. The van der Waals surface area contributed by atoms with Crippen molar-refractivity contribution in [2.24, 2.45) is 0 Å². The van der Waals surface area contributed by atoms with Crippen molar-refractivity contribution in [3.8, 4) is 5.75 Å². The molecule has 1 amide bonds. The number of hydrogen-bond acceptors (Lipinski definition) is 5. The highest BCUT2D eigenvalue weighted by Gasteiger charge is 2.15. The van der Waals surface area contributed by atoms with E-state index in [4.69, 9.17) is 9.47 Å². The molecular weight excluding hydrogens is 332 g/mol. The number of aliphatic hydroxyl groups excluding tert-OH is 1. The number of rotatable bonds is 6. The summed E-state index contributed by atoms with van der Waals surface area (Å²) >= 11 is 0. The summed E-state index contributed by atoms with van der Waals surface area (Å²) in [5.74, 6) is 0.237. The van der Waals surface area contributed by atoms with Crippen LogP contribution in [0.5, 0.6) is 5.75 Å². The van der Waals surface area contributed by atoms with Crippen LogP contribution in [0.4, 0.5) is 5.69 Å². The third-order valence-electron chi connectivity index (χ3n) is 4.46. The zero-order valence-corrected chi connectivity index (χ0v) is 14.9. The van der Waals surface area contributed by atoms with Gasteiger partial charge in [0.25, 0.3) is 5.91 Å². The van der Waals surface area contributed by atoms with Gasteiger partial charge in [-0.25, -0.2) is 0 Å². The summed E-state index contributed by atoms with van der Waals surface area (Å²) in [5.41, 5.74) is 2.33. The predicted octanol–water partition coefficient (Wildman–Crippen LogP) is 2.00. The fourth-order valence-electron chi connectivity index (χ4n) is 2.96. The Balaban J connectivity index is 1.57. The van der Waals surface area contributed by atoms with E-state index in [1.807, 2.05) is 24.3 Å². The van der Waals surface area contributed by atoms with Gasteiger partial charge >= 0.3 is 0 Å². The van der Waals surface area contributed by atoms with E-state index in [0.717, 1.165) is 37.6 Å². The summed E-state index contributed by atoms with van der Waals surface area (Å²) in [7, 11) is 1.52. The van der Waals surface area contributed by atoms with Crippen molar-refractivity contribution in [1.82, 2.24) is 5.32 Å². The van der Waals surface area contributed by atoms with E-state index in [2.05, 4.69) is 10.2 Å². The third-order valence-corrected chi connectivity index (χ3v) is 4.46. The molecule has 3 rings (SSSR count). The Labute approximate surface area is 153 Å². The topological polar surface area (TPSA) is 71.0 Å². The van der Waals surface area contributed by atoms with Crippen LogP contribution in [-0.2, 0) is 4.74 Å². The van der Waals surface area contributed by atoms with E-state index in [1.54, 1.807) is 24.3 Å². The number of benzene rings is 2. The SMILES string of the molecule is COc1ccccc1C(=O)NCC(O)c1ccc(N2CCOCC2)cc1. The van der Waals surface area contributed by atoms with Gasteiger partial charge in [0.15, 0.2) is 0 Å². The molecule has 0 aromatic heterocycles. The van der Waals surface area contributed by atoms with Gasteiger partial charge in [-0.15, -0.1) is 0 Å². The van der Waals surface area contributed by atoms with Gasteiger partial charge in [0, 0.05) is 25.3 Å². The zero-order chi connectivity index (χ0) is 18.4. The number of hydrogen-bond donors (Lipinski definition) is 2. The quantitative estimate of drug-likeness (QED) is 0.828. The Hall–Kier alpha value is -2.57. The lowest BCUT2D eigenvalue weighted by Gasteiger charge is -2.29. The Bertz CT molecular complexity index is 727. The predicted molar refractivity (Wildman–Crippen MR) is 99.8 cm³/mol. The maximum absolute atomic E-state index is 12.3. The Morgan fingerprint density at radius 2 is 1.88 bits per heavy atom. The molecule has 6 heteroatoms. The fourth-order valence-corrected chi connectivity index (χ4v) is 2.96. The molecule has 0 bridgehead atoms. The molecule has 0 radical (unpaired) electrons. The van der Waals surface area contributed by atoms with Crippen LogP contribution in [0.1, 0.15) is 22.0 Å². The van der Waals surface area contributed by atoms with Gasteiger partial charge in [-0.05, 0) is 29.8 Å². The highest BCUT2D eigenvalue weighted by atomic mass is 16.5. The third kappa shape index (κ3) is 4.33. The van der Waals surface area contributed by atoms with Crippen LogP contribution in [-0.4, -0.2) is 51.0 Å². The minimum atomic E-state index is -0.771. The first-order valence-electron chi connectivity index (χ1n) is 8.71. The van der Waals surface area contributed by atoms with Crippen LogP contribution in [0, 0.1) is 0 Å². The lowest BCUT2D eigenvalue weighted by molar-refractivity contribution is 0.0913. The largest absolute Gasteiger partial charge is 0.496 e. The van der Waals surface area contributed by atoms with E-state index >= 15 is 0 Å². The normalized spacial score (nSPS) is 15.4. The number of para-hydroxylation sites is 1. The summed E-state index contributed by atoms with van der Waals surface area (Å²) in [4.78, 5) is 14.6. The van der Waals surface area contributed by atoms with Gasteiger partial charge in [-0.1, -0.05) is 24.3 Å². The molecule has 0 saturated carbocycles. The second kappa shape index (κ2) is 8.69. The van der Waals surface area contributed by atoms with Crippen molar-refractivity contribution < 1.29 is 19.4 Å². The average molecular weight is 356 g/mol. The Kier molecular flexibility index (Phi) is 6.09. The highest BCUT2D eigenvalue weighted by Crippen LogP contribution is 2.21. The number of aliphatic hydroxyl groups is 1. The molecule has 1 heterocycles. The van der Waals surface area contributed by atoms with Crippen LogP contribution >= 0.6 is 0 Å². The highest BCUT2D eigenvalue weighted by molar-refractivity contribution is 5.96. The molecule has 2 aromatic rings. The second-order valence-corrected chi connectivity index (χ2v) is 6.12. The summed E-state index contributed by atoms with van der Waals surface area (Å²) < 4.78 is 10.6. The molecule has 1 atom stereocenters. The van der Waals surface area contributed by atoms with Crippen LogP contribution in [0.2, 0.25) is 0 Å². The summed E-state index contributed by atoms with van der Waals surface area (Å²) in [6.45, 7) is 3.35. The number of anilines is 1. The molecule has 0 aliphatic carbocycles. The Morgan fingerprint density at radius 3 is 2.58 bits per heavy atom. The minimum Gasteiger partial charge on any atom is -0.496 e. The fraction of sp³-hybridized carbons (Fsp3) is 0.350. The maximum atomic E-state index is 12.3. The van der Waals surface area contributed by atoms with Gasteiger partial charge < -0.3 is 24.8 Å². The molecule has 1 aliphatic heterocycles.